The maximum Gasteiger partial charge on any atom is 0.165 e. The third kappa shape index (κ3) is 3.79. The summed E-state index contributed by atoms with van der Waals surface area (Å²) in [4.78, 5) is 1.96. The van der Waals surface area contributed by atoms with Crippen LogP contribution in [0.25, 0.3) is 0 Å². The summed E-state index contributed by atoms with van der Waals surface area (Å²) in [5.74, 6) is -0.205. The Morgan fingerprint density at radius 3 is 2.62 bits per heavy atom. The first-order valence-electron chi connectivity index (χ1n) is 5.25. The maximum absolute atomic E-state index is 13.5. The van der Waals surface area contributed by atoms with E-state index in [1.807, 2.05) is 19.0 Å². The van der Waals surface area contributed by atoms with Crippen LogP contribution in [0.2, 0.25) is 0 Å². The quantitative estimate of drug-likeness (QED) is 0.832. The number of rotatable bonds is 5. The predicted octanol–water partition coefficient (Wildman–Crippen LogP) is 1.82. The predicted molar refractivity (Wildman–Crippen MR) is 61.1 cm³/mol. The van der Waals surface area contributed by atoms with Crippen molar-refractivity contribution in [3.8, 4) is 5.75 Å². The zero-order chi connectivity index (χ0) is 12.1. The molecular weight excluding hydrogens is 209 g/mol. The zero-order valence-electron chi connectivity index (χ0n) is 9.90. The third-order valence-electron chi connectivity index (χ3n) is 2.23. The van der Waals surface area contributed by atoms with Crippen molar-refractivity contribution in [3.05, 3.63) is 29.6 Å². The number of halogens is 1. The smallest absolute Gasteiger partial charge is 0.165 e. The Labute approximate surface area is 95.5 Å². The Morgan fingerprint density at radius 2 is 2.12 bits per heavy atom. The van der Waals surface area contributed by atoms with Gasteiger partial charge >= 0.3 is 0 Å². The van der Waals surface area contributed by atoms with E-state index in [0.29, 0.717) is 12.2 Å². The monoisotopic (exact) mass is 227 g/mol. The van der Waals surface area contributed by atoms with Crippen molar-refractivity contribution in [2.75, 3.05) is 27.2 Å². The molecule has 1 aromatic carbocycles. The summed E-state index contributed by atoms with van der Waals surface area (Å²) in [6.07, 6.45) is -0.662. The van der Waals surface area contributed by atoms with Gasteiger partial charge in [-0.25, -0.2) is 4.39 Å². The number of nitrogens with zero attached hydrogens (tertiary/aromatic N) is 1. The van der Waals surface area contributed by atoms with Crippen LogP contribution in [0.4, 0.5) is 4.39 Å². The van der Waals surface area contributed by atoms with Gasteiger partial charge in [0.2, 0.25) is 0 Å². The van der Waals surface area contributed by atoms with E-state index in [1.165, 1.54) is 6.07 Å². The molecular formula is C12H18FNO2. The van der Waals surface area contributed by atoms with Crippen LogP contribution >= 0.6 is 0 Å². The molecule has 3 nitrogen and oxygen atoms in total. The molecule has 0 radical (unpaired) electrons. The summed E-state index contributed by atoms with van der Waals surface area (Å²) in [6.45, 7) is 2.77. The van der Waals surface area contributed by atoms with Crippen molar-refractivity contribution in [3.63, 3.8) is 0 Å². The van der Waals surface area contributed by atoms with Crippen LogP contribution in [0.1, 0.15) is 18.6 Å². The molecule has 16 heavy (non-hydrogen) atoms. The van der Waals surface area contributed by atoms with Gasteiger partial charge in [-0.05, 0) is 38.7 Å². The fourth-order valence-corrected chi connectivity index (χ4v) is 1.23. The van der Waals surface area contributed by atoms with E-state index in [2.05, 4.69) is 0 Å². The number of ether oxygens (including phenoxy) is 1. The van der Waals surface area contributed by atoms with E-state index in [1.54, 1.807) is 19.1 Å². The first-order valence-corrected chi connectivity index (χ1v) is 5.25. The fourth-order valence-electron chi connectivity index (χ4n) is 1.23. The van der Waals surface area contributed by atoms with Gasteiger partial charge in [0.1, 0.15) is 6.61 Å². The summed E-state index contributed by atoms with van der Waals surface area (Å²) < 4.78 is 18.8. The minimum absolute atomic E-state index is 0.228. The summed E-state index contributed by atoms with van der Waals surface area (Å²) >= 11 is 0. The van der Waals surface area contributed by atoms with E-state index >= 15 is 0 Å². The largest absolute Gasteiger partial charge is 0.489 e. The molecule has 1 rings (SSSR count). The minimum Gasteiger partial charge on any atom is -0.489 e. The maximum atomic E-state index is 13.5. The highest BCUT2D eigenvalue weighted by Gasteiger charge is 2.07. The van der Waals surface area contributed by atoms with Crippen molar-refractivity contribution >= 4 is 0 Å². The number of benzene rings is 1. The molecule has 0 heterocycles. The van der Waals surface area contributed by atoms with Crippen LogP contribution in [-0.2, 0) is 0 Å². The van der Waals surface area contributed by atoms with Gasteiger partial charge in [0.25, 0.3) is 0 Å². The van der Waals surface area contributed by atoms with E-state index in [0.717, 1.165) is 6.54 Å². The molecule has 0 spiro atoms. The highest BCUT2D eigenvalue weighted by atomic mass is 19.1. The Hall–Kier alpha value is -1.13. The second-order valence-corrected chi connectivity index (χ2v) is 4.02. The molecule has 0 bridgehead atoms. The van der Waals surface area contributed by atoms with Crippen molar-refractivity contribution in [2.45, 2.75) is 13.0 Å². The molecule has 1 N–H and O–H groups in total. The first kappa shape index (κ1) is 12.9. The SMILES string of the molecule is C[C@H](O)c1ccc(OCCN(C)C)c(F)c1. The lowest BCUT2D eigenvalue weighted by atomic mass is 10.1. The Kier molecular flexibility index (Phi) is 4.71. The standard InChI is InChI=1S/C12H18FNO2/c1-9(15)10-4-5-12(11(13)8-10)16-7-6-14(2)3/h4-5,8-9,15H,6-7H2,1-3H3/t9-/m0/s1. The first-order chi connectivity index (χ1) is 7.50. The van der Waals surface area contributed by atoms with E-state index in [4.69, 9.17) is 4.74 Å². The van der Waals surface area contributed by atoms with E-state index < -0.39 is 11.9 Å². The van der Waals surface area contributed by atoms with Gasteiger partial charge in [0.15, 0.2) is 11.6 Å². The number of likely N-dealkylation sites (N-methyl/N-ethyl adjacent to an activating group) is 1. The minimum atomic E-state index is -0.662. The van der Waals surface area contributed by atoms with Crippen LogP contribution < -0.4 is 4.74 Å². The van der Waals surface area contributed by atoms with Gasteiger partial charge < -0.3 is 14.7 Å². The number of aliphatic hydroxyl groups is 1. The highest BCUT2D eigenvalue weighted by molar-refractivity contribution is 5.30. The van der Waals surface area contributed by atoms with Gasteiger partial charge in [-0.1, -0.05) is 6.07 Å². The second kappa shape index (κ2) is 5.82. The van der Waals surface area contributed by atoms with Crippen LogP contribution in [-0.4, -0.2) is 37.3 Å². The molecule has 0 aliphatic carbocycles. The van der Waals surface area contributed by atoms with Crippen LogP contribution in [0.5, 0.6) is 5.75 Å². The fraction of sp³-hybridized carbons (Fsp3) is 0.500. The lowest BCUT2D eigenvalue weighted by molar-refractivity contribution is 0.198. The molecule has 0 aliphatic heterocycles. The van der Waals surface area contributed by atoms with Gasteiger partial charge in [-0.2, -0.15) is 0 Å². The lowest BCUT2D eigenvalue weighted by Crippen LogP contribution is -2.19. The summed E-state index contributed by atoms with van der Waals surface area (Å²) in [5, 5.41) is 9.27. The van der Waals surface area contributed by atoms with Crippen LogP contribution in [0.15, 0.2) is 18.2 Å². The summed E-state index contributed by atoms with van der Waals surface area (Å²) in [7, 11) is 3.85. The van der Waals surface area contributed by atoms with Crippen LogP contribution in [0, 0.1) is 5.82 Å². The zero-order valence-corrected chi connectivity index (χ0v) is 9.90. The van der Waals surface area contributed by atoms with Crippen molar-refractivity contribution in [1.82, 2.24) is 4.90 Å². The van der Waals surface area contributed by atoms with Crippen molar-refractivity contribution < 1.29 is 14.2 Å². The highest BCUT2D eigenvalue weighted by Crippen LogP contribution is 2.21. The lowest BCUT2D eigenvalue weighted by Gasteiger charge is -2.12. The number of hydrogen-bond donors (Lipinski definition) is 1. The molecule has 0 saturated carbocycles. The molecule has 1 aromatic rings. The normalized spacial score (nSPS) is 12.9. The molecule has 4 heteroatoms. The van der Waals surface area contributed by atoms with Gasteiger partial charge in [-0.15, -0.1) is 0 Å². The topological polar surface area (TPSA) is 32.7 Å². The van der Waals surface area contributed by atoms with Gasteiger partial charge in [0, 0.05) is 6.54 Å². The average Bonchev–Trinajstić information content (AvgIpc) is 2.19. The molecule has 0 aliphatic rings. The summed E-state index contributed by atoms with van der Waals surface area (Å²) in [5.41, 5.74) is 0.553. The van der Waals surface area contributed by atoms with Crippen molar-refractivity contribution in [2.24, 2.45) is 0 Å². The third-order valence-corrected chi connectivity index (χ3v) is 2.23. The summed E-state index contributed by atoms with van der Waals surface area (Å²) in [6, 6.07) is 4.52. The molecule has 0 amide bonds. The van der Waals surface area contributed by atoms with Gasteiger partial charge in [0.05, 0.1) is 6.10 Å². The van der Waals surface area contributed by atoms with Crippen molar-refractivity contribution in [1.29, 1.82) is 0 Å². The molecule has 90 valence electrons. The Balaban J connectivity index is 2.61. The molecule has 0 unspecified atom stereocenters. The number of hydrogen-bond acceptors (Lipinski definition) is 3. The van der Waals surface area contributed by atoms with E-state index in [-0.39, 0.29) is 5.75 Å². The molecule has 0 aromatic heterocycles. The number of aliphatic hydroxyl groups excluding tert-OH is 1. The molecule has 0 saturated heterocycles. The molecule has 0 fully saturated rings. The van der Waals surface area contributed by atoms with Gasteiger partial charge in [-0.3, -0.25) is 0 Å². The molecule has 1 atom stereocenters. The Bertz CT molecular complexity index is 340. The second-order valence-electron chi connectivity index (χ2n) is 4.02. The Morgan fingerprint density at radius 1 is 1.44 bits per heavy atom. The van der Waals surface area contributed by atoms with E-state index in [9.17, 15) is 9.50 Å². The average molecular weight is 227 g/mol. The van der Waals surface area contributed by atoms with Crippen LogP contribution in [0.3, 0.4) is 0 Å².